The summed E-state index contributed by atoms with van der Waals surface area (Å²) in [5.41, 5.74) is 3.16. The third kappa shape index (κ3) is 7.65. The number of benzene rings is 2. The highest BCUT2D eigenvalue weighted by Gasteiger charge is 1.88. The number of carboxylic acid groups (broad SMARTS) is 1. The molecule has 0 aromatic heterocycles. The summed E-state index contributed by atoms with van der Waals surface area (Å²) in [6.07, 6.45) is 6.48. The van der Waals surface area contributed by atoms with Crippen molar-refractivity contribution < 1.29 is 9.90 Å². The second-order valence-corrected chi connectivity index (χ2v) is 4.59. The first-order valence-corrected chi connectivity index (χ1v) is 6.93. The maximum atomic E-state index is 10.2. The summed E-state index contributed by atoms with van der Waals surface area (Å²) >= 11 is 0. The zero-order valence-corrected chi connectivity index (χ0v) is 12.6. The van der Waals surface area contributed by atoms with Crippen LogP contribution in [0.1, 0.15) is 18.1 Å². The van der Waals surface area contributed by atoms with Gasteiger partial charge in [0.15, 0.2) is 0 Å². The summed E-state index contributed by atoms with van der Waals surface area (Å²) in [7, 11) is 0. The molecule has 112 valence electrons. The van der Waals surface area contributed by atoms with Crippen LogP contribution in [0.15, 0.2) is 85.0 Å². The molecular weight excluding hydrogens is 272 g/mol. The Morgan fingerprint density at radius 3 is 1.82 bits per heavy atom. The zero-order chi connectivity index (χ0) is 16.2. The molecule has 0 fully saturated rings. The first kappa shape index (κ1) is 17.2. The molecule has 0 aliphatic rings. The molecule has 0 amide bonds. The van der Waals surface area contributed by atoms with Crippen LogP contribution in [0.5, 0.6) is 0 Å². The first-order valence-electron chi connectivity index (χ1n) is 6.93. The summed E-state index contributed by atoms with van der Waals surface area (Å²) in [4.78, 5) is 10.2. The van der Waals surface area contributed by atoms with Crippen LogP contribution in [-0.2, 0) is 4.79 Å². The molecule has 2 rings (SSSR count). The fourth-order valence-electron chi connectivity index (χ4n) is 1.65. The van der Waals surface area contributed by atoms with E-state index in [1.165, 1.54) is 5.56 Å². The molecule has 0 spiro atoms. The molecule has 2 aromatic rings. The van der Waals surface area contributed by atoms with E-state index in [-0.39, 0.29) is 0 Å². The van der Waals surface area contributed by atoms with Crippen LogP contribution < -0.4 is 0 Å². The average Bonchev–Trinajstić information content (AvgIpc) is 2.55. The van der Waals surface area contributed by atoms with Crippen molar-refractivity contribution in [1.82, 2.24) is 0 Å². The van der Waals surface area contributed by atoms with Crippen molar-refractivity contribution in [3.8, 4) is 0 Å². The Morgan fingerprint density at radius 1 is 0.909 bits per heavy atom. The topological polar surface area (TPSA) is 37.3 Å². The third-order valence-corrected chi connectivity index (χ3v) is 2.72. The number of aliphatic carboxylic acids is 1. The van der Waals surface area contributed by atoms with E-state index < -0.39 is 5.97 Å². The van der Waals surface area contributed by atoms with Gasteiger partial charge in [-0.05, 0) is 18.1 Å². The predicted molar refractivity (Wildman–Crippen MR) is 93.4 cm³/mol. The van der Waals surface area contributed by atoms with Gasteiger partial charge in [0.25, 0.3) is 0 Å². The van der Waals surface area contributed by atoms with E-state index in [0.29, 0.717) is 0 Å². The predicted octanol–water partition coefficient (Wildman–Crippen LogP) is 5.06. The smallest absolute Gasteiger partial charge is 0.328 e. The van der Waals surface area contributed by atoms with Crippen LogP contribution in [0.2, 0.25) is 0 Å². The van der Waals surface area contributed by atoms with Crippen molar-refractivity contribution in [2.75, 3.05) is 0 Å². The van der Waals surface area contributed by atoms with Gasteiger partial charge in [-0.3, -0.25) is 0 Å². The number of rotatable bonds is 4. The molecule has 0 aliphatic heterocycles. The number of hydrogen-bond acceptors (Lipinski definition) is 1. The monoisotopic (exact) mass is 292 g/mol. The van der Waals surface area contributed by atoms with Crippen LogP contribution in [0.4, 0.5) is 0 Å². The lowest BCUT2D eigenvalue weighted by molar-refractivity contribution is -0.131. The molecule has 2 aromatic carbocycles. The van der Waals surface area contributed by atoms with E-state index in [0.717, 1.165) is 17.2 Å². The van der Waals surface area contributed by atoms with E-state index >= 15 is 0 Å². The molecule has 1 N–H and O–H groups in total. The second kappa shape index (κ2) is 9.94. The number of carbonyl (C=O) groups is 1. The van der Waals surface area contributed by atoms with Gasteiger partial charge < -0.3 is 5.11 Å². The van der Waals surface area contributed by atoms with E-state index in [2.05, 4.69) is 6.58 Å². The van der Waals surface area contributed by atoms with Crippen LogP contribution in [0.3, 0.4) is 0 Å². The van der Waals surface area contributed by atoms with E-state index in [1.54, 1.807) is 6.08 Å². The summed E-state index contributed by atoms with van der Waals surface area (Å²) in [5, 5.41) is 8.41. The zero-order valence-electron chi connectivity index (χ0n) is 12.6. The molecule has 0 aliphatic carbocycles. The fourth-order valence-corrected chi connectivity index (χ4v) is 1.65. The van der Waals surface area contributed by atoms with Gasteiger partial charge in [0.05, 0.1) is 0 Å². The number of hydrogen-bond donors (Lipinski definition) is 1. The van der Waals surface area contributed by atoms with Crippen molar-refractivity contribution in [2.24, 2.45) is 0 Å². The molecule has 22 heavy (non-hydrogen) atoms. The Balaban J connectivity index is 0.000000255. The minimum atomic E-state index is -0.925. The summed E-state index contributed by atoms with van der Waals surface area (Å²) in [5.74, 6) is -0.925. The summed E-state index contributed by atoms with van der Waals surface area (Å²) in [6, 6.07) is 19.8. The Labute approximate surface area is 131 Å². The maximum absolute atomic E-state index is 10.2. The van der Waals surface area contributed by atoms with E-state index in [1.807, 2.05) is 79.7 Å². The highest BCUT2D eigenvalue weighted by molar-refractivity contribution is 5.80. The Bertz CT molecular complexity index is 638. The standard InChI is InChI=1S/C12H12O2.C8H8/c1-10(7-8-12(13)14)9-11-5-3-2-4-6-11;1-2-8-6-4-3-5-7-8/h2-9H,1H3,(H,13,14);2-7H,1H2. The van der Waals surface area contributed by atoms with Crippen LogP contribution >= 0.6 is 0 Å². The third-order valence-electron chi connectivity index (χ3n) is 2.72. The second-order valence-electron chi connectivity index (χ2n) is 4.59. The molecule has 0 atom stereocenters. The highest BCUT2D eigenvalue weighted by atomic mass is 16.4. The van der Waals surface area contributed by atoms with Crippen molar-refractivity contribution in [3.63, 3.8) is 0 Å². The minimum absolute atomic E-state index is 0.915. The van der Waals surface area contributed by atoms with Crippen LogP contribution in [0.25, 0.3) is 12.2 Å². The lowest BCUT2D eigenvalue weighted by Gasteiger charge is -1.93. The summed E-state index contributed by atoms with van der Waals surface area (Å²) < 4.78 is 0. The van der Waals surface area contributed by atoms with Crippen molar-refractivity contribution in [2.45, 2.75) is 6.92 Å². The Morgan fingerprint density at radius 2 is 1.41 bits per heavy atom. The molecule has 0 saturated heterocycles. The van der Waals surface area contributed by atoms with Gasteiger partial charge in [-0.15, -0.1) is 0 Å². The van der Waals surface area contributed by atoms with Gasteiger partial charge in [0.1, 0.15) is 0 Å². The quantitative estimate of drug-likeness (QED) is 0.631. The molecule has 0 saturated carbocycles. The van der Waals surface area contributed by atoms with Crippen molar-refractivity contribution >= 4 is 18.1 Å². The summed E-state index contributed by atoms with van der Waals surface area (Å²) in [6.45, 7) is 5.50. The Kier molecular flexibility index (Phi) is 7.77. The van der Waals surface area contributed by atoms with Gasteiger partial charge in [-0.25, -0.2) is 4.79 Å². The van der Waals surface area contributed by atoms with Crippen LogP contribution in [0, 0.1) is 0 Å². The van der Waals surface area contributed by atoms with Gasteiger partial charge in [-0.2, -0.15) is 0 Å². The Hall–Kier alpha value is -2.87. The largest absolute Gasteiger partial charge is 0.478 e. The molecule has 2 nitrogen and oxygen atoms in total. The molecule has 0 bridgehead atoms. The maximum Gasteiger partial charge on any atom is 0.328 e. The fraction of sp³-hybridized carbons (Fsp3) is 0.0500. The average molecular weight is 292 g/mol. The normalized spacial score (nSPS) is 10.7. The molecule has 0 heterocycles. The molecule has 2 heteroatoms. The van der Waals surface area contributed by atoms with Gasteiger partial charge >= 0.3 is 5.97 Å². The SMILES string of the molecule is C=Cc1ccccc1.CC(C=CC(=O)O)=Cc1ccccc1. The van der Waals surface area contributed by atoms with Crippen molar-refractivity contribution in [3.05, 3.63) is 96.1 Å². The molecular formula is C20H20O2. The first-order chi connectivity index (χ1) is 10.6. The number of carboxylic acids is 1. The lowest BCUT2D eigenvalue weighted by Crippen LogP contribution is -1.85. The molecule has 0 radical (unpaired) electrons. The van der Waals surface area contributed by atoms with E-state index in [9.17, 15) is 4.79 Å². The van der Waals surface area contributed by atoms with Gasteiger partial charge in [-0.1, -0.05) is 91.0 Å². The molecule has 0 unspecified atom stereocenters. The highest BCUT2D eigenvalue weighted by Crippen LogP contribution is 2.06. The van der Waals surface area contributed by atoms with E-state index in [4.69, 9.17) is 5.11 Å². The van der Waals surface area contributed by atoms with Gasteiger partial charge in [0.2, 0.25) is 0 Å². The van der Waals surface area contributed by atoms with Gasteiger partial charge in [0, 0.05) is 6.08 Å². The van der Waals surface area contributed by atoms with Crippen LogP contribution in [-0.4, -0.2) is 11.1 Å². The number of allylic oxidation sites excluding steroid dienone is 2. The lowest BCUT2D eigenvalue weighted by atomic mass is 10.1. The van der Waals surface area contributed by atoms with Crippen molar-refractivity contribution in [1.29, 1.82) is 0 Å². The minimum Gasteiger partial charge on any atom is -0.478 e.